The summed E-state index contributed by atoms with van der Waals surface area (Å²) in [6, 6.07) is 0. The quantitative estimate of drug-likeness (QED) is 0.367. The molecule has 2 N–H and O–H groups in total. The first-order chi connectivity index (χ1) is 6.66. The molecule has 0 aliphatic rings. The van der Waals surface area contributed by atoms with Gasteiger partial charge in [-0.3, -0.25) is 4.79 Å². The number of carboxylic acid groups (broad SMARTS) is 1. The van der Waals surface area contributed by atoms with Gasteiger partial charge in [-0.1, -0.05) is 26.2 Å². The molecule has 0 spiro atoms. The van der Waals surface area contributed by atoms with Crippen LogP contribution in [0.25, 0.3) is 0 Å². The Labute approximate surface area is 83.2 Å². The van der Waals surface area contributed by atoms with Gasteiger partial charge in [-0.05, 0) is 6.42 Å². The van der Waals surface area contributed by atoms with Crippen molar-refractivity contribution in [2.75, 3.05) is 0 Å². The van der Waals surface area contributed by atoms with Gasteiger partial charge in [0.2, 0.25) is 5.91 Å². The number of amides is 1. The fraction of sp³-hybridized carbons (Fsp3) is 0.667. The van der Waals surface area contributed by atoms with Crippen LogP contribution < -0.4 is 5.43 Å². The first-order valence-corrected chi connectivity index (χ1v) is 4.71. The molecular weight excluding hydrogens is 184 g/mol. The van der Waals surface area contributed by atoms with E-state index in [1.54, 1.807) is 0 Å². The lowest BCUT2D eigenvalue weighted by Crippen LogP contribution is -2.17. The second kappa shape index (κ2) is 8.22. The number of aliphatic carboxylic acids is 1. The van der Waals surface area contributed by atoms with Gasteiger partial charge in [-0.25, -0.2) is 10.2 Å². The minimum Gasteiger partial charge on any atom is -0.477 e. The topological polar surface area (TPSA) is 78.8 Å². The Hall–Kier alpha value is -1.39. The predicted molar refractivity (Wildman–Crippen MR) is 53.0 cm³/mol. The molecule has 0 radical (unpaired) electrons. The standard InChI is InChI=1S/C9H16N2O3/c1-2-3-4-5-6-8(12)11-10-7-9(13)14/h7H,2-6H2,1H3,(H,11,12)(H,13,14)/b10-7+. The van der Waals surface area contributed by atoms with Crippen molar-refractivity contribution in [1.82, 2.24) is 5.43 Å². The lowest BCUT2D eigenvalue weighted by atomic mass is 10.1. The minimum atomic E-state index is -1.17. The van der Waals surface area contributed by atoms with Gasteiger partial charge >= 0.3 is 5.97 Å². The summed E-state index contributed by atoms with van der Waals surface area (Å²) in [4.78, 5) is 20.9. The zero-order valence-electron chi connectivity index (χ0n) is 8.32. The smallest absolute Gasteiger partial charge is 0.348 e. The van der Waals surface area contributed by atoms with Crippen LogP contribution in [0.2, 0.25) is 0 Å². The van der Waals surface area contributed by atoms with Crippen LogP contribution >= 0.6 is 0 Å². The summed E-state index contributed by atoms with van der Waals surface area (Å²) in [5, 5.41) is 11.4. The summed E-state index contributed by atoms with van der Waals surface area (Å²) in [6.07, 6.45) is 5.14. The highest BCUT2D eigenvalue weighted by Crippen LogP contribution is 2.01. The second-order valence-corrected chi connectivity index (χ2v) is 2.94. The molecule has 0 bridgehead atoms. The number of nitrogens with zero attached hydrogens (tertiary/aromatic N) is 1. The van der Waals surface area contributed by atoms with Crippen molar-refractivity contribution in [2.24, 2.45) is 5.10 Å². The van der Waals surface area contributed by atoms with Gasteiger partial charge in [0.15, 0.2) is 0 Å². The molecule has 0 fully saturated rings. The van der Waals surface area contributed by atoms with E-state index < -0.39 is 5.97 Å². The van der Waals surface area contributed by atoms with E-state index in [0.29, 0.717) is 12.6 Å². The molecule has 0 aromatic heterocycles. The Kier molecular flexibility index (Phi) is 7.40. The fourth-order valence-electron chi connectivity index (χ4n) is 0.928. The van der Waals surface area contributed by atoms with Crippen molar-refractivity contribution in [1.29, 1.82) is 0 Å². The SMILES string of the molecule is CCCCCCC(=O)N/N=C/C(=O)O. The van der Waals surface area contributed by atoms with Crippen molar-refractivity contribution < 1.29 is 14.7 Å². The maximum absolute atomic E-state index is 11.0. The molecule has 0 aromatic rings. The zero-order chi connectivity index (χ0) is 10.8. The van der Waals surface area contributed by atoms with Crippen molar-refractivity contribution in [3.8, 4) is 0 Å². The largest absolute Gasteiger partial charge is 0.477 e. The number of carboxylic acids is 1. The van der Waals surface area contributed by atoms with Crippen LogP contribution in [-0.2, 0) is 9.59 Å². The highest BCUT2D eigenvalue weighted by Gasteiger charge is 1.98. The van der Waals surface area contributed by atoms with Crippen molar-refractivity contribution in [3.05, 3.63) is 0 Å². The van der Waals surface area contributed by atoms with E-state index in [1.165, 1.54) is 0 Å². The van der Waals surface area contributed by atoms with Gasteiger partial charge < -0.3 is 5.11 Å². The van der Waals surface area contributed by atoms with Gasteiger partial charge in [0.25, 0.3) is 0 Å². The Morgan fingerprint density at radius 1 is 1.36 bits per heavy atom. The fourth-order valence-corrected chi connectivity index (χ4v) is 0.928. The van der Waals surface area contributed by atoms with Crippen molar-refractivity contribution >= 4 is 18.1 Å². The number of carbonyl (C=O) groups excluding carboxylic acids is 1. The summed E-state index contributed by atoms with van der Waals surface area (Å²) >= 11 is 0. The minimum absolute atomic E-state index is 0.237. The van der Waals surface area contributed by atoms with E-state index in [1.807, 2.05) is 0 Å². The summed E-state index contributed by atoms with van der Waals surface area (Å²) < 4.78 is 0. The molecule has 0 aliphatic carbocycles. The third-order valence-corrected chi connectivity index (χ3v) is 1.62. The van der Waals surface area contributed by atoms with E-state index in [9.17, 15) is 9.59 Å². The maximum atomic E-state index is 11.0. The number of hydrazone groups is 1. The molecule has 0 aliphatic heterocycles. The molecule has 0 heterocycles. The summed E-state index contributed by atoms with van der Waals surface area (Å²) in [6.45, 7) is 2.09. The number of rotatable bonds is 7. The number of unbranched alkanes of at least 4 members (excludes halogenated alkanes) is 3. The van der Waals surface area contributed by atoms with Crippen LogP contribution in [-0.4, -0.2) is 23.2 Å². The van der Waals surface area contributed by atoms with E-state index in [0.717, 1.165) is 25.7 Å². The summed E-state index contributed by atoms with van der Waals surface area (Å²) in [5.74, 6) is -1.41. The molecule has 1 amide bonds. The third kappa shape index (κ3) is 8.70. The molecule has 80 valence electrons. The van der Waals surface area contributed by atoms with Gasteiger partial charge in [0, 0.05) is 6.42 Å². The van der Waals surface area contributed by atoms with Crippen LogP contribution in [0.4, 0.5) is 0 Å². The van der Waals surface area contributed by atoms with Gasteiger partial charge in [0.05, 0.1) is 0 Å². The molecule has 0 atom stereocenters. The Balaban J connectivity index is 3.41. The average molecular weight is 200 g/mol. The van der Waals surface area contributed by atoms with Crippen molar-refractivity contribution in [3.63, 3.8) is 0 Å². The van der Waals surface area contributed by atoms with Crippen LogP contribution in [0.15, 0.2) is 5.10 Å². The van der Waals surface area contributed by atoms with E-state index in [4.69, 9.17) is 5.11 Å². The van der Waals surface area contributed by atoms with E-state index >= 15 is 0 Å². The third-order valence-electron chi connectivity index (χ3n) is 1.62. The normalized spacial score (nSPS) is 10.4. The lowest BCUT2D eigenvalue weighted by Gasteiger charge is -1.98. The number of hydrogen-bond acceptors (Lipinski definition) is 3. The van der Waals surface area contributed by atoms with Gasteiger partial charge in [-0.15, -0.1) is 0 Å². The highest BCUT2D eigenvalue weighted by atomic mass is 16.4. The number of carbonyl (C=O) groups is 2. The van der Waals surface area contributed by atoms with Crippen LogP contribution in [0.3, 0.4) is 0 Å². The van der Waals surface area contributed by atoms with E-state index in [-0.39, 0.29) is 5.91 Å². The lowest BCUT2D eigenvalue weighted by molar-refractivity contribution is -0.128. The monoisotopic (exact) mass is 200 g/mol. The van der Waals surface area contributed by atoms with Crippen molar-refractivity contribution in [2.45, 2.75) is 39.0 Å². The maximum Gasteiger partial charge on any atom is 0.348 e. The van der Waals surface area contributed by atoms with E-state index in [2.05, 4.69) is 17.5 Å². The molecule has 14 heavy (non-hydrogen) atoms. The van der Waals surface area contributed by atoms with Crippen LogP contribution in [0.5, 0.6) is 0 Å². The molecular formula is C9H16N2O3. The molecule has 5 nitrogen and oxygen atoms in total. The van der Waals surface area contributed by atoms with Crippen LogP contribution in [0.1, 0.15) is 39.0 Å². The molecule has 5 heteroatoms. The van der Waals surface area contributed by atoms with Crippen LogP contribution in [0, 0.1) is 0 Å². The molecule has 0 aromatic carbocycles. The van der Waals surface area contributed by atoms with Gasteiger partial charge in [0.1, 0.15) is 6.21 Å². The molecule has 0 saturated carbocycles. The zero-order valence-corrected chi connectivity index (χ0v) is 8.32. The Morgan fingerprint density at radius 2 is 2.07 bits per heavy atom. The second-order valence-electron chi connectivity index (χ2n) is 2.94. The summed E-state index contributed by atoms with van der Waals surface area (Å²) in [5.41, 5.74) is 2.14. The highest BCUT2D eigenvalue weighted by molar-refractivity contribution is 6.22. The molecule has 0 saturated heterocycles. The molecule has 0 rings (SSSR count). The number of hydrogen-bond donors (Lipinski definition) is 2. The van der Waals surface area contributed by atoms with Gasteiger partial charge in [-0.2, -0.15) is 5.10 Å². The molecule has 0 unspecified atom stereocenters. The first-order valence-electron chi connectivity index (χ1n) is 4.71. The summed E-state index contributed by atoms with van der Waals surface area (Å²) in [7, 11) is 0. The average Bonchev–Trinajstić information content (AvgIpc) is 2.12. The predicted octanol–water partition coefficient (Wildman–Crippen LogP) is 1.14. The number of nitrogens with one attached hydrogen (secondary N) is 1. The Bertz CT molecular complexity index is 214. The Morgan fingerprint density at radius 3 is 2.64 bits per heavy atom. The first kappa shape index (κ1) is 12.6.